The van der Waals surface area contributed by atoms with Gasteiger partial charge in [-0.1, -0.05) is 35.6 Å². The summed E-state index contributed by atoms with van der Waals surface area (Å²) in [5.41, 5.74) is 0.460. The van der Waals surface area contributed by atoms with Gasteiger partial charge in [0.2, 0.25) is 0 Å². The summed E-state index contributed by atoms with van der Waals surface area (Å²) in [6.07, 6.45) is 0. The smallest absolute Gasteiger partial charge is 0.193 e. The summed E-state index contributed by atoms with van der Waals surface area (Å²) in [6, 6.07) is 6.56. The number of hydrogen-bond acceptors (Lipinski definition) is 5. The highest BCUT2D eigenvalue weighted by Gasteiger charge is 2.15. The molecule has 0 amide bonds. The van der Waals surface area contributed by atoms with E-state index in [0.717, 1.165) is 17.4 Å². The van der Waals surface area contributed by atoms with Crippen LogP contribution in [0.1, 0.15) is 5.76 Å². The van der Waals surface area contributed by atoms with E-state index in [-0.39, 0.29) is 5.43 Å². The van der Waals surface area contributed by atoms with Crippen molar-refractivity contribution in [3.05, 3.63) is 45.3 Å². The molecule has 1 aromatic carbocycles. The molecule has 0 saturated carbocycles. The summed E-state index contributed by atoms with van der Waals surface area (Å²) >= 11 is 12.8. The van der Waals surface area contributed by atoms with Crippen molar-refractivity contribution < 1.29 is 9.15 Å². The fraction of sp³-hybridized carbons (Fsp3) is 0.333. The van der Waals surface area contributed by atoms with Gasteiger partial charge in [0.15, 0.2) is 5.43 Å². The number of halogens is 1. The SMILES string of the molecule is O=c1cc(CSC(=S)N2CCOCC2)oc2ccc(Cl)cc12. The highest BCUT2D eigenvalue weighted by molar-refractivity contribution is 8.22. The van der Waals surface area contributed by atoms with Crippen LogP contribution >= 0.6 is 35.6 Å². The van der Waals surface area contributed by atoms with Gasteiger partial charge in [0.25, 0.3) is 0 Å². The first kappa shape index (κ1) is 15.8. The van der Waals surface area contributed by atoms with E-state index in [9.17, 15) is 4.79 Å². The lowest BCUT2D eigenvalue weighted by atomic mass is 10.2. The summed E-state index contributed by atoms with van der Waals surface area (Å²) in [5.74, 6) is 1.14. The second-order valence-electron chi connectivity index (χ2n) is 4.87. The summed E-state index contributed by atoms with van der Waals surface area (Å²) in [6.45, 7) is 3.02. The topological polar surface area (TPSA) is 42.7 Å². The maximum Gasteiger partial charge on any atom is 0.193 e. The van der Waals surface area contributed by atoms with E-state index in [1.807, 2.05) is 0 Å². The third kappa shape index (κ3) is 3.63. The maximum atomic E-state index is 12.1. The minimum atomic E-state index is -0.0864. The standard InChI is InChI=1S/C15H14ClNO3S2/c16-10-1-2-14-12(7-10)13(18)8-11(20-14)9-22-15(21)17-3-5-19-6-4-17/h1-2,7-8H,3-6,9H2. The van der Waals surface area contributed by atoms with Crippen molar-refractivity contribution >= 4 is 50.9 Å². The fourth-order valence-corrected chi connectivity index (χ4v) is 3.52. The van der Waals surface area contributed by atoms with E-state index in [1.165, 1.54) is 17.8 Å². The van der Waals surface area contributed by atoms with Gasteiger partial charge < -0.3 is 14.1 Å². The van der Waals surface area contributed by atoms with E-state index in [4.69, 9.17) is 33.0 Å². The molecule has 1 aliphatic rings. The number of nitrogens with zero attached hydrogens (tertiary/aromatic N) is 1. The molecule has 2 aromatic rings. The number of fused-ring (bicyclic) bond motifs is 1. The normalized spacial score (nSPS) is 15.2. The van der Waals surface area contributed by atoms with Gasteiger partial charge in [-0.3, -0.25) is 4.79 Å². The van der Waals surface area contributed by atoms with Gasteiger partial charge in [-0.25, -0.2) is 0 Å². The zero-order valence-electron chi connectivity index (χ0n) is 11.7. The zero-order chi connectivity index (χ0) is 15.5. The van der Waals surface area contributed by atoms with Crippen molar-refractivity contribution in [2.24, 2.45) is 0 Å². The van der Waals surface area contributed by atoms with Crippen molar-refractivity contribution in [1.82, 2.24) is 4.90 Å². The minimum Gasteiger partial charge on any atom is -0.460 e. The lowest BCUT2D eigenvalue weighted by molar-refractivity contribution is 0.0702. The molecule has 0 aliphatic carbocycles. The van der Waals surface area contributed by atoms with Crippen LogP contribution in [0, 0.1) is 0 Å². The third-order valence-electron chi connectivity index (χ3n) is 3.35. The Morgan fingerprint density at radius 1 is 1.32 bits per heavy atom. The number of thiocarbonyl (C=S) groups is 1. The second kappa shape index (κ2) is 7.00. The van der Waals surface area contributed by atoms with Crippen LogP contribution in [0.4, 0.5) is 0 Å². The van der Waals surface area contributed by atoms with Gasteiger partial charge in [-0.15, -0.1) is 0 Å². The van der Waals surface area contributed by atoms with Crippen LogP contribution in [0.15, 0.2) is 33.5 Å². The van der Waals surface area contributed by atoms with Crippen LogP contribution < -0.4 is 5.43 Å². The number of morpholine rings is 1. The van der Waals surface area contributed by atoms with Crippen molar-refractivity contribution in [2.75, 3.05) is 26.3 Å². The third-order valence-corrected chi connectivity index (χ3v) is 5.13. The lowest BCUT2D eigenvalue weighted by Crippen LogP contribution is -2.38. The van der Waals surface area contributed by atoms with E-state index in [0.29, 0.717) is 40.7 Å². The van der Waals surface area contributed by atoms with Crippen LogP contribution in [0.3, 0.4) is 0 Å². The number of benzene rings is 1. The van der Waals surface area contributed by atoms with Gasteiger partial charge in [0.05, 0.1) is 24.4 Å². The van der Waals surface area contributed by atoms with Crippen LogP contribution in [-0.2, 0) is 10.5 Å². The predicted octanol–water partition coefficient (Wildman–Crippen LogP) is 3.30. The van der Waals surface area contributed by atoms with E-state index >= 15 is 0 Å². The second-order valence-corrected chi connectivity index (χ2v) is 6.92. The predicted molar refractivity (Wildman–Crippen MR) is 93.8 cm³/mol. The maximum absolute atomic E-state index is 12.1. The molecule has 0 spiro atoms. The molecule has 7 heteroatoms. The number of rotatable bonds is 2. The van der Waals surface area contributed by atoms with Gasteiger partial charge in [0, 0.05) is 24.2 Å². The molecule has 116 valence electrons. The Balaban J connectivity index is 1.72. The van der Waals surface area contributed by atoms with Gasteiger partial charge in [-0.05, 0) is 18.2 Å². The molecule has 0 atom stereocenters. The summed E-state index contributed by atoms with van der Waals surface area (Å²) in [5, 5.41) is 1.02. The molecule has 2 heterocycles. The quantitative estimate of drug-likeness (QED) is 0.770. The van der Waals surface area contributed by atoms with E-state index < -0.39 is 0 Å². The molecule has 1 aliphatic heterocycles. The Morgan fingerprint density at radius 3 is 2.86 bits per heavy atom. The van der Waals surface area contributed by atoms with Gasteiger partial charge in [0.1, 0.15) is 15.7 Å². The van der Waals surface area contributed by atoms with Crippen molar-refractivity contribution in [2.45, 2.75) is 5.75 Å². The molecule has 3 rings (SSSR count). The van der Waals surface area contributed by atoms with Crippen molar-refractivity contribution in [3.8, 4) is 0 Å². The monoisotopic (exact) mass is 355 g/mol. The highest BCUT2D eigenvalue weighted by atomic mass is 35.5. The van der Waals surface area contributed by atoms with Crippen molar-refractivity contribution in [1.29, 1.82) is 0 Å². The first-order valence-corrected chi connectivity index (χ1v) is 8.62. The fourth-order valence-electron chi connectivity index (χ4n) is 2.22. The van der Waals surface area contributed by atoms with Crippen LogP contribution in [0.25, 0.3) is 11.0 Å². The summed E-state index contributed by atoms with van der Waals surface area (Å²) < 4.78 is 11.9. The van der Waals surface area contributed by atoms with Crippen LogP contribution in [-0.4, -0.2) is 35.5 Å². The minimum absolute atomic E-state index is 0.0864. The Morgan fingerprint density at radius 2 is 2.09 bits per heavy atom. The molecular weight excluding hydrogens is 342 g/mol. The lowest BCUT2D eigenvalue weighted by Gasteiger charge is -2.28. The molecule has 0 bridgehead atoms. The molecule has 0 unspecified atom stereocenters. The Kier molecular flexibility index (Phi) is 5.03. The molecule has 0 radical (unpaired) electrons. The number of ether oxygens (including phenoxy) is 1. The van der Waals surface area contributed by atoms with Gasteiger partial charge >= 0.3 is 0 Å². The Hall–Kier alpha value is -1.08. The largest absolute Gasteiger partial charge is 0.460 e. The van der Waals surface area contributed by atoms with E-state index in [2.05, 4.69) is 4.90 Å². The molecule has 22 heavy (non-hydrogen) atoms. The number of thioether (sulfide) groups is 1. The van der Waals surface area contributed by atoms with Gasteiger partial charge in [-0.2, -0.15) is 0 Å². The van der Waals surface area contributed by atoms with Crippen molar-refractivity contribution in [3.63, 3.8) is 0 Å². The Bertz CT molecular complexity index is 756. The van der Waals surface area contributed by atoms with Crippen LogP contribution in [0.2, 0.25) is 5.02 Å². The molecule has 1 fully saturated rings. The van der Waals surface area contributed by atoms with Crippen LogP contribution in [0.5, 0.6) is 0 Å². The highest BCUT2D eigenvalue weighted by Crippen LogP contribution is 2.21. The number of hydrogen-bond donors (Lipinski definition) is 0. The summed E-state index contributed by atoms with van der Waals surface area (Å²) in [7, 11) is 0. The first-order chi connectivity index (χ1) is 10.6. The molecule has 1 saturated heterocycles. The molecule has 0 N–H and O–H groups in total. The average molecular weight is 356 g/mol. The molecule has 1 aromatic heterocycles. The summed E-state index contributed by atoms with van der Waals surface area (Å²) in [4.78, 5) is 14.2. The Labute approximate surface area is 142 Å². The zero-order valence-corrected chi connectivity index (χ0v) is 14.1. The average Bonchev–Trinajstić information content (AvgIpc) is 2.54. The first-order valence-electron chi connectivity index (χ1n) is 6.85. The molecular formula is C15H14ClNO3S2. The molecule has 4 nitrogen and oxygen atoms in total. The van der Waals surface area contributed by atoms with E-state index in [1.54, 1.807) is 18.2 Å².